The summed E-state index contributed by atoms with van der Waals surface area (Å²) in [4.78, 5) is 11.8. The van der Waals surface area contributed by atoms with E-state index in [0.29, 0.717) is 0 Å². The molecule has 0 saturated carbocycles. The van der Waals surface area contributed by atoms with Gasteiger partial charge in [-0.1, -0.05) is 6.58 Å². The predicted molar refractivity (Wildman–Crippen MR) is 37.9 cm³/mol. The van der Waals surface area contributed by atoms with E-state index in [0.717, 1.165) is 6.41 Å². The highest BCUT2D eigenvalue weighted by molar-refractivity contribution is 5.50. The van der Waals surface area contributed by atoms with Gasteiger partial charge in [0.15, 0.2) is 0 Å². The van der Waals surface area contributed by atoms with E-state index in [1.165, 1.54) is 11.1 Å². The van der Waals surface area contributed by atoms with Gasteiger partial charge in [-0.3, -0.25) is 4.79 Å². The molecule has 9 heavy (non-hydrogen) atoms. The Morgan fingerprint density at radius 1 is 1.44 bits per heavy atom. The molecule has 0 fully saturated rings. The van der Waals surface area contributed by atoms with Crippen LogP contribution in [-0.2, 0) is 4.79 Å². The molecular weight excluding hydrogens is 114 g/mol. The molecule has 2 heteroatoms. The molecule has 0 aliphatic rings. The van der Waals surface area contributed by atoms with Crippen LogP contribution in [0.5, 0.6) is 0 Å². The molecule has 0 unspecified atom stereocenters. The molecule has 0 aromatic heterocycles. The van der Waals surface area contributed by atoms with Crippen LogP contribution in [0.1, 0.15) is 20.8 Å². The van der Waals surface area contributed by atoms with Crippen LogP contribution in [0.15, 0.2) is 12.8 Å². The molecule has 0 spiro atoms. The fourth-order valence-corrected chi connectivity index (χ4v) is 0.475. The van der Waals surface area contributed by atoms with Gasteiger partial charge in [-0.2, -0.15) is 0 Å². The fraction of sp³-hybridized carbons (Fsp3) is 0.571. The summed E-state index contributed by atoms with van der Waals surface area (Å²) in [6.07, 6.45) is 2.29. The van der Waals surface area contributed by atoms with Crippen molar-refractivity contribution >= 4 is 6.41 Å². The van der Waals surface area contributed by atoms with Crippen molar-refractivity contribution in [1.82, 2.24) is 4.90 Å². The van der Waals surface area contributed by atoms with E-state index in [9.17, 15) is 4.79 Å². The third-order valence-electron chi connectivity index (χ3n) is 1.08. The van der Waals surface area contributed by atoms with Crippen LogP contribution >= 0.6 is 0 Å². The Balaban J connectivity index is 4.11. The van der Waals surface area contributed by atoms with Gasteiger partial charge in [-0.05, 0) is 27.0 Å². The predicted octanol–water partition coefficient (Wildman–Crippen LogP) is 1.39. The number of carbonyl (C=O) groups is 1. The summed E-state index contributed by atoms with van der Waals surface area (Å²) >= 11 is 0. The SMILES string of the molecule is C=CN(C=O)C(C)(C)C. The first kappa shape index (κ1) is 8.21. The van der Waals surface area contributed by atoms with Crippen molar-refractivity contribution < 1.29 is 4.79 Å². The summed E-state index contributed by atoms with van der Waals surface area (Å²) in [5.74, 6) is 0. The molecule has 52 valence electrons. The minimum Gasteiger partial charge on any atom is -0.317 e. The summed E-state index contributed by atoms with van der Waals surface area (Å²) in [6.45, 7) is 9.34. The second-order valence-corrected chi connectivity index (χ2v) is 2.87. The van der Waals surface area contributed by atoms with Gasteiger partial charge in [-0.25, -0.2) is 0 Å². The average molecular weight is 127 g/mol. The first-order chi connectivity index (χ1) is 4.02. The molecule has 0 heterocycles. The molecule has 0 saturated heterocycles. The van der Waals surface area contributed by atoms with Crippen LogP contribution in [0.25, 0.3) is 0 Å². The highest BCUT2D eigenvalue weighted by atomic mass is 16.1. The van der Waals surface area contributed by atoms with E-state index in [1.54, 1.807) is 0 Å². The van der Waals surface area contributed by atoms with E-state index >= 15 is 0 Å². The molecule has 0 aliphatic carbocycles. The lowest BCUT2D eigenvalue weighted by Gasteiger charge is -2.28. The quantitative estimate of drug-likeness (QED) is 0.513. The van der Waals surface area contributed by atoms with E-state index in [4.69, 9.17) is 0 Å². The van der Waals surface area contributed by atoms with E-state index in [2.05, 4.69) is 6.58 Å². The molecule has 0 N–H and O–H groups in total. The van der Waals surface area contributed by atoms with Gasteiger partial charge in [0, 0.05) is 5.54 Å². The summed E-state index contributed by atoms with van der Waals surface area (Å²) < 4.78 is 0. The largest absolute Gasteiger partial charge is 0.317 e. The Bertz CT molecular complexity index is 105. The first-order valence-corrected chi connectivity index (χ1v) is 2.88. The van der Waals surface area contributed by atoms with Crippen molar-refractivity contribution in [2.24, 2.45) is 0 Å². The van der Waals surface area contributed by atoms with Crippen LogP contribution in [0, 0.1) is 0 Å². The van der Waals surface area contributed by atoms with Gasteiger partial charge in [0.25, 0.3) is 0 Å². The zero-order valence-electron chi connectivity index (χ0n) is 6.22. The maximum absolute atomic E-state index is 10.2. The number of carbonyl (C=O) groups excluding carboxylic acids is 1. The number of rotatable bonds is 2. The van der Waals surface area contributed by atoms with Crippen molar-refractivity contribution in [2.75, 3.05) is 0 Å². The summed E-state index contributed by atoms with van der Waals surface area (Å²) in [5, 5.41) is 0. The van der Waals surface area contributed by atoms with Crippen molar-refractivity contribution in [2.45, 2.75) is 26.3 Å². The summed E-state index contributed by atoms with van der Waals surface area (Å²) in [5.41, 5.74) is -0.135. The number of amides is 1. The zero-order chi connectivity index (χ0) is 7.49. The maximum atomic E-state index is 10.2. The van der Waals surface area contributed by atoms with Crippen molar-refractivity contribution in [1.29, 1.82) is 0 Å². The van der Waals surface area contributed by atoms with Crippen LogP contribution in [0.2, 0.25) is 0 Å². The summed E-state index contributed by atoms with van der Waals surface area (Å²) in [7, 11) is 0. The third-order valence-corrected chi connectivity index (χ3v) is 1.08. The monoisotopic (exact) mass is 127 g/mol. The molecule has 0 atom stereocenters. The highest BCUT2D eigenvalue weighted by Crippen LogP contribution is 2.09. The van der Waals surface area contributed by atoms with Gasteiger partial charge in [0.05, 0.1) is 0 Å². The van der Waals surface area contributed by atoms with Gasteiger partial charge in [0.2, 0.25) is 6.41 Å². The van der Waals surface area contributed by atoms with Crippen LogP contribution in [0.4, 0.5) is 0 Å². The minimum atomic E-state index is -0.135. The van der Waals surface area contributed by atoms with Gasteiger partial charge in [0.1, 0.15) is 0 Å². The Hall–Kier alpha value is -0.790. The molecule has 1 amide bonds. The van der Waals surface area contributed by atoms with Crippen molar-refractivity contribution in [3.63, 3.8) is 0 Å². The molecule has 0 aromatic rings. The van der Waals surface area contributed by atoms with Crippen molar-refractivity contribution in [3.8, 4) is 0 Å². The average Bonchev–Trinajstić information content (AvgIpc) is 1.65. The molecule has 0 aromatic carbocycles. The number of nitrogens with zero attached hydrogens (tertiary/aromatic N) is 1. The third kappa shape index (κ3) is 2.31. The summed E-state index contributed by atoms with van der Waals surface area (Å²) in [6, 6.07) is 0. The number of hydrogen-bond acceptors (Lipinski definition) is 1. The van der Waals surface area contributed by atoms with Crippen LogP contribution in [0.3, 0.4) is 0 Å². The molecule has 0 rings (SSSR count). The Morgan fingerprint density at radius 2 is 1.89 bits per heavy atom. The maximum Gasteiger partial charge on any atom is 0.214 e. The second kappa shape index (κ2) is 2.67. The number of hydrogen-bond donors (Lipinski definition) is 0. The van der Waals surface area contributed by atoms with Gasteiger partial charge < -0.3 is 4.90 Å². The normalized spacial score (nSPS) is 10.6. The molecule has 0 bridgehead atoms. The Labute approximate surface area is 56.2 Å². The lowest BCUT2D eigenvalue weighted by molar-refractivity contribution is -0.119. The standard InChI is InChI=1S/C7H13NO/c1-5-8(6-9)7(2,3)4/h5-6H,1H2,2-4H3. The first-order valence-electron chi connectivity index (χ1n) is 2.88. The van der Waals surface area contributed by atoms with Crippen LogP contribution in [-0.4, -0.2) is 16.8 Å². The lowest BCUT2D eigenvalue weighted by Crippen LogP contribution is -2.35. The Morgan fingerprint density at radius 3 is 1.89 bits per heavy atom. The topological polar surface area (TPSA) is 20.3 Å². The van der Waals surface area contributed by atoms with E-state index < -0.39 is 0 Å². The van der Waals surface area contributed by atoms with E-state index in [1.807, 2.05) is 20.8 Å². The van der Waals surface area contributed by atoms with Gasteiger partial charge >= 0.3 is 0 Å². The van der Waals surface area contributed by atoms with Gasteiger partial charge in [-0.15, -0.1) is 0 Å². The van der Waals surface area contributed by atoms with Crippen LogP contribution < -0.4 is 0 Å². The zero-order valence-corrected chi connectivity index (χ0v) is 6.22. The highest BCUT2D eigenvalue weighted by Gasteiger charge is 2.15. The van der Waals surface area contributed by atoms with Crippen molar-refractivity contribution in [3.05, 3.63) is 12.8 Å². The second-order valence-electron chi connectivity index (χ2n) is 2.87. The molecule has 0 aliphatic heterocycles. The lowest BCUT2D eigenvalue weighted by atomic mass is 10.1. The van der Waals surface area contributed by atoms with E-state index in [-0.39, 0.29) is 5.54 Å². The molecular formula is C7H13NO. The molecule has 0 radical (unpaired) electrons. The minimum absolute atomic E-state index is 0.135. The molecule has 2 nitrogen and oxygen atoms in total. The Kier molecular flexibility index (Phi) is 2.43. The smallest absolute Gasteiger partial charge is 0.214 e. The fourth-order valence-electron chi connectivity index (χ4n) is 0.475.